The van der Waals surface area contributed by atoms with Crippen molar-refractivity contribution in [1.29, 1.82) is 0 Å². The summed E-state index contributed by atoms with van der Waals surface area (Å²) in [6.07, 6.45) is 2.87. The summed E-state index contributed by atoms with van der Waals surface area (Å²) in [5.41, 5.74) is 0.928. The summed E-state index contributed by atoms with van der Waals surface area (Å²) in [6, 6.07) is 6.78. The SMILES string of the molecule is COC(=O)[C@H](CCSC)NC(=O)C(CSC(C)=O)Cc1cccc(OC)c1. The molecule has 1 rings (SSSR count). The highest BCUT2D eigenvalue weighted by Crippen LogP contribution is 2.20. The Bertz CT molecular complexity index is 638. The van der Waals surface area contributed by atoms with Crippen molar-refractivity contribution in [1.82, 2.24) is 5.32 Å². The molecule has 8 heteroatoms. The predicted octanol–water partition coefficient (Wildman–Crippen LogP) is 2.54. The molecule has 0 aromatic heterocycles. The molecule has 0 heterocycles. The maximum Gasteiger partial charge on any atom is 0.328 e. The van der Waals surface area contributed by atoms with Crippen LogP contribution in [0.1, 0.15) is 18.9 Å². The van der Waals surface area contributed by atoms with E-state index < -0.39 is 17.9 Å². The molecule has 0 aliphatic heterocycles. The first-order chi connectivity index (χ1) is 12.9. The molecular weight excluding hydrogens is 386 g/mol. The van der Waals surface area contributed by atoms with Crippen molar-refractivity contribution in [3.63, 3.8) is 0 Å². The summed E-state index contributed by atoms with van der Waals surface area (Å²) in [6.45, 7) is 1.47. The van der Waals surface area contributed by atoms with Crippen LogP contribution in [0.4, 0.5) is 0 Å². The zero-order valence-electron chi connectivity index (χ0n) is 16.2. The third-order valence-corrected chi connectivity index (χ3v) is 5.51. The smallest absolute Gasteiger partial charge is 0.328 e. The Balaban J connectivity index is 2.90. The Morgan fingerprint density at radius 2 is 1.96 bits per heavy atom. The minimum absolute atomic E-state index is 0.0506. The number of ether oxygens (including phenoxy) is 2. The van der Waals surface area contributed by atoms with Gasteiger partial charge in [-0.25, -0.2) is 4.79 Å². The summed E-state index contributed by atoms with van der Waals surface area (Å²) in [5.74, 6) is 0.600. The number of thioether (sulfide) groups is 2. The van der Waals surface area contributed by atoms with E-state index >= 15 is 0 Å². The van der Waals surface area contributed by atoms with E-state index in [0.717, 1.165) is 23.1 Å². The van der Waals surface area contributed by atoms with Crippen LogP contribution < -0.4 is 10.1 Å². The third kappa shape index (κ3) is 8.71. The number of nitrogens with one attached hydrogen (secondary N) is 1. The molecule has 1 aromatic rings. The van der Waals surface area contributed by atoms with Crippen LogP contribution in [-0.4, -0.2) is 55.0 Å². The fourth-order valence-corrected chi connectivity index (χ4v) is 3.62. The topological polar surface area (TPSA) is 81.7 Å². The molecule has 1 aromatic carbocycles. The molecule has 27 heavy (non-hydrogen) atoms. The lowest BCUT2D eigenvalue weighted by Crippen LogP contribution is -2.45. The average Bonchev–Trinajstić information content (AvgIpc) is 2.67. The molecule has 1 amide bonds. The average molecular weight is 414 g/mol. The monoisotopic (exact) mass is 413 g/mol. The molecule has 0 aliphatic carbocycles. The Morgan fingerprint density at radius 3 is 2.56 bits per heavy atom. The van der Waals surface area contributed by atoms with E-state index in [4.69, 9.17) is 9.47 Å². The molecule has 0 spiro atoms. The fourth-order valence-electron chi connectivity index (χ4n) is 2.45. The van der Waals surface area contributed by atoms with Crippen LogP contribution in [0.3, 0.4) is 0 Å². The standard InChI is InChI=1S/C19H27NO5S2/c1-13(21)27-12-15(10-14-6-5-7-16(11-14)24-2)18(22)20-17(8-9-26-4)19(23)25-3/h5-7,11,15,17H,8-10,12H2,1-4H3,(H,20,22)/t15?,17-/m0/s1. The molecule has 6 nitrogen and oxygen atoms in total. The van der Waals surface area contributed by atoms with Gasteiger partial charge in [-0.2, -0.15) is 11.8 Å². The number of carbonyl (C=O) groups is 3. The molecule has 0 fully saturated rings. The van der Waals surface area contributed by atoms with Crippen molar-refractivity contribution in [3.8, 4) is 5.75 Å². The Hall–Kier alpha value is -1.67. The van der Waals surface area contributed by atoms with Gasteiger partial charge in [-0.05, 0) is 42.5 Å². The van der Waals surface area contributed by atoms with E-state index in [1.54, 1.807) is 18.9 Å². The van der Waals surface area contributed by atoms with Crippen molar-refractivity contribution < 1.29 is 23.9 Å². The normalized spacial score (nSPS) is 12.7. The second kappa shape index (κ2) is 12.7. The summed E-state index contributed by atoms with van der Waals surface area (Å²) >= 11 is 2.70. The lowest BCUT2D eigenvalue weighted by molar-refractivity contribution is -0.145. The van der Waals surface area contributed by atoms with E-state index in [0.29, 0.717) is 24.3 Å². The lowest BCUT2D eigenvalue weighted by Gasteiger charge is -2.21. The third-order valence-electron chi connectivity index (χ3n) is 3.89. The van der Waals surface area contributed by atoms with E-state index in [2.05, 4.69) is 5.32 Å². The number of methoxy groups -OCH3 is 2. The van der Waals surface area contributed by atoms with Gasteiger partial charge in [0.05, 0.1) is 20.1 Å². The van der Waals surface area contributed by atoms with Gasteiger partial charge in [0.2, 0.25) is 5.91 Å². The molecule has 150 valence electrons. The summed E-state index contributed by atoms with van der Waals surface area (Å²) < 4.78 is 10.0. The number of carbonyl (C=O) groups excluding carboxylic acids is 3. The minimum atomic E-state index is -0.690. The van der Waals surface area contributed by atoms with Crippen molar-refractivity contribution >= 4 is 40.5 Å². The first-order valence-electron chi connectivity index (χ1n) is 8.54. The van der Waals surface area contributed by atoms with Gasteiger partial charge in [0.15, 0.2) is 5.12 Å². The van der Waals surface area contributed by atoms with Gasteiger partial charge >= 0.3 is 5.97 Å². The van der Waals surface area contributed by atoms with Crippen LogP contribution in [-0.2, 0) is 25.5 Å². The van der Waals surface area contributed by atoms with Gasteiger partial charge in [0.1, 0.15) is 11.8 Å². The number of benzene rings is 1. The van der Waals surface area contributed by atoms with Gasteiger partial charge in [-0.3, -0.25) is 9.59 Å². The number of amides is 1. The van der Waals surface area contributed by atoms with E-state index in [9.17, 15) is 14.4 Å². The molecule has 1 unspecified atom stereocenters. The minimum Gasteiger partial charge on any atom is -0.497 e. The molecule has 1 N–H and O–H groups in total. The molecule has 0 radical (unpaired) electrons. The highest BCUT2D eigenvalue weighted by molar-refractivity contribution is 8.13. The molecule has 0 saturated heterocycles. The van der Waals surface area contributed by atoms with Crippen LogP contribution in [0.2, 0.25) is 0 Å². The second-order valence-electron chi connectivity index (χ2n) is 5.92. The van der Waals surface area contributed by atoms with Crippen molar-refractivity contribution in [2.45, 2.75) is 25.8 Å². The largest absolute Gasteiger partial charge is 0.497 e. The van der Waals surface area contributed by atoms with Crippen molar-refractivity contribution in [2.75, 3.05) is 32.0 Å². The van der Waals surface area contributed by atoms with Gasteiger partial charge < -0.3 is 14.8 Å². The first-order valence-corrected chi connectivity index (χ1v) is 10.9. The van der Waals surface area contributed by atoms with Crippen LogP contribution in [0.15, 0.2) is 24.3 Å². The van der Waals surface area contributed by atoms with Crippen LogP contribution in [0.5, 0.6) is 5.75 Å². The van der Waals surface area contributed by atoms with Gasteiger partial charge in [-0.15, -0.1) is 0 Å². The number of esters is 1. The number of rotatable bonds is 11. The van der Waals surface area contributed by atoms with E-state index in [1.165, 1.54) is 14.0 Å². The molecule has 2 atom stereocenters. The summed E-state index contributed by atoms with van der Waals surface area (Å²) in [4.78, 5) is 36.2. The highest BCUT2D eigenvalue weighted by Gasteiger charge is 2.26. The van der Waals surface area contributed by atoms with Crippen molar-refractivity contribution in [2.24, 2.45) is 5.92 Å². The van der Waals surface area contributed by atoms with Crippen molar-refractivity contribution in [3.05, 3.63) is 29.8 Å². The Kier molecular flexibility index (Phi) is 11.0. The zero-order chi connectivity index (χ0) is 20.2. The Labute approximate surface area is 169 Å². The maximum absolute atomic E-state index is 12.8. The first kappa shape index (κ1) is 23.4. The molecule has 0 aliphatic rings. The quantitative estimate of drug-likeness (QED) is 0.558. The maximum atomic E-state index is 12.8. The summed E-state index contributed by atoms with van der Waals surface area (Å²) in [5, 5.41) is 2.74. The molecule has 0 saturated carbocycles. The van der Waals surface area contributed by atoms with Gasteiger partial charge in [0.25, 0.3) is 0 Å². The number of hydrogen-bond acceptors (Lipinski definition) is 7. The molecular formula is C19H27NO5S2. The van der Waals surface area contributed by atoms with Crippen LogP contribution in [0, 0.1) is 5.92 Å². The predicted molar refractivity (Wildman–Crippen MR) is 110 cm³/mol. The summed E-state index contributed by atoms with van der Waals surface area (Å²) in [7, 11) is 2.89. The fraction of sp³-hybridized carbons (Fsp3) is 0.526. The lowest BCUT2D eigenvalue weighted by atomic mass is 9.99. The highest BCUT2D eigenvalue weighted by atomic mass is 32.2. The zero-order valence-corrected chi connectivity index (χ0v) is 17.8. The van der Waals surface area contributed by atoms with Crippen LogP contribution >= 0.6 is 23.5 Å². The van der Waals surface area contributed by atoms with Gasteiger partial charge in [-0.1, -0.05) is 23.9 Å². The molecule has 0 bridgehead atoms. The second-order valence-corrected chi connectivity index (χ2v) is 8.10. The van der Waals surface area contributed by atoms with Gasteiger partial charge in [0, 0.05) is 12.7 Å². The Morgan fingerprint density at radius 1 is 1.22 bits per heavy atom. The van der Waals surface area contributed by atoms with E-state index in [-0.39, 0.29) is 11.0 Å². The van der Waals surface area contributed by atoms with E-state index in [1.807, 2.05) is 30.5 Å². The van der Waals surface area contributed by atoms with Crippen LogP contribution in [0.25, 0.3) is 0 Å². The number of hydrogen-bond donors (Lipinski definition) is 1.